The van der Waals surface area contributed by atoms with E-state index in [9.17, 15) is 26.3 Å². The number of halogens is 6. The molecule has 0 aromatic heterocycles. The van der Waals surface area contributed by atoms with Crippen molar-refractivity contribution >= 4 is 0 Å². The molecule has 0 aliphatic carbocycles. The Bertz CT molecular complexity index is 424. The third kappa shape index (κ3) is 5.03. The summed E-state index contributed by atoms with van der Waals surface area (Å²) in [6, 6.07) is 2.96. The van der Waals surface area contributed by atoms with Crippen LogP contribution in [0, 0.1) is 0 Å². The molecule has 1 aromatic rings. The van der Waals surface area contributed by atoms with E-state index < -0.39 is 30.4 Å². The summed E-state index contributed by atoms with van der Waals surface area (Å²) in [5.74, 6) is 0. The Morgan fingerprint density at radius 1 is 1.05 bits per heavy atom. The van der Waals surface area contributed by atoms with Gasteiger partial charge in [0.1, 0.15) is 0 Å². The van der Waals surface area contributed by atoms with Crippen molar-refractivity contribution in [1.82, 2.24) is 5.32 Å². The molecule has 1 rings (SSSR count). The Morgan fingerprint density at radius 3 is 2.15 bits per heavy atom. The first-order chi connectivity index (χ1) is 9.15. The molecule has 0 radical (unpaired) electrons. The predicted molar refractivity (Wildman–Crippen MR) is 63.2 cm³/mol. The molecule has 0 saturated heterocycles. The van der Waals surface area contributed by atoms with Gasteiger partial charge in [-0.15, -0.1) is 0 Å². The number of hydrogen-bond acceptors (Lipinski definition) is 1. The lowest BCUT2D eigenvalue weighted by Gasteiger charge is -2.24. The SMILES string of the molecule is CCCNC(CC(F)(F)F)c1ccccc1C(F)(F)F. The number of hydrogen-bond donors (Lipinski definition) is 1. The molecule has 1 unspecified atom stereocenters. The molecule has 7 heteroatoms. The van der Waals surface area contributed by atoms with Crippen LogP contribution < -0.4 is 5.32 Å². The molecule has 0 aliphatic rings. The van der Waals surface area contributed by atoms with Gasteiger partial charge in [-0.05, 0) is 24.6 Å². The summed E-state index contributed by atoms with van der Waals surface area (Å²) in [7, 11) is 0. The highest BCUT2D eigenvalue weighted by molar-refractivity contribution is 5.32. The van der Waals surface area contributed by atoms with Gasteiger partial charge >= 0.3 is 12.4 Å². The van der Waals surface area contributed by atoms with Crippen molar-refractivity contribution in [2.45, 2.75) is 38.2 Å². The van der Waals surface area contributed by atoms with Crippen LogP contribution in [0.1, 0.15) is 36.9 Å². The molecule has 0 amide bonds. The largest absolute Gasteiger partial charge is 0.416 e. The highest BCUT2D eigenvalue weighted by Gasteiger charge is 2.38. The number of nitrogens with one attached hydrogen (secondary N) is 1. The molecule has 1 N–H and O–H groups in total. The number of benzene rings is 1. The maximum atomic E-state index is 12.9. The fraction of sp³-hybridized carbons (Fsp3) is 0.538. The van der Waals surface area contributed by atoms with E-state index in [0.29, 0.717) is 6.42 Å². The van der Waals surface area contributed by atoms with Gasteiger partial charge in [-0.25, -0.2) is 0 Å². The van der Waals surface area contributed by atoms with Gasteiger partial charge in [0.15, 0.2) is 0 Å². The second-order valence-corrected chi connectivity index (χ2v) is 4.41. The van der Waals surface area contributed by atoms with E-state index in [1.807, 2.05) is 0 Å². The molecule has 1 nitrogen and oxygen atoms in total. The van der Waals surface area contributed by atoms with E-state index in [2.05, 4.69) is 5.32 Å². The predicted octanol–water partition coefficient (Wildman–Crippen LogP) is 4.70. The Labute approximate surface area is 113 Å². The van der Waals surface area contributed by atoms with Crippen molar-refractivity contribution in [2.24, 2.45) is 0 Å². The summed E-state index contributed by atoms with van der Waals surface area (Å²) in [5, 5.41) is 2.53. The summed E-state index contributed by atoms with van der Waals surface area (Å²) >= 11 is 0. The maximum Gasteiger partial charge on any atom is 0.416 e. The van der Waals surface area contributed by atoms with Gasteiger partial charge in [0, 0.05) is 6.04 Å². The number of alkyl halides is 6. The van der Waals surface area contributed by atoms with Crippen LogP contribution in [0.15, 0.2) is 24.3 Å². The zero-order valence-electron chi connectivity index (χ0n) is 10.8. The summed E-state index contributed by atoms with van der Waals surface area (Å²) in [4.78, 5) is 0. The van der Waals surface area contributed by atoms with Crippen molar-refractivity contribution in [3.63, 3.8) is 0 Å². The van der Waals surface area contributed by atoms with Crippen molar-refractivity contribution in [3.05, 3.63) is 35.4 Å². The molecule has 0 fully saturated rings. The van der Waals surface area contributed by atoms with E-state index in [0.717, 1.165) is 18.2 Å². The maximum absolute atomic E-state index is 12.9. The molecule has 1 aromatic carbocycles. The van der Waals surface area contributed by atoms with Crippen LogP contribution in [0.2, 0.25) is 0 Å². The van der Waals surface area contributed by atoms with E-state index in [-0.39, 0.29) is 12.1 Å². The molecule has 114 valence electrons. The molecule has 1 atom stereocenters. The highest BCUT2D eigenvalue weighted by Crippen LogP contribution is 2.38. The Kier molecular flexibility index (Phi) is 5.44. The molecule has 0 aliphatic heterocycles. The van der Waals surface area contributed by atoms with Crippen molar-refractivity contribution in [3.8, 4) is 0 Å². The van der Waals surface area contributed by atoms with Gasteiger partial charge < -0.3 is 5.32 Å². The van der Waals surface area contributed by atoms with Crippen LogP contribution in [-0.4, -0.2) is 12.7 Å². The monoisotopic (exact) mass is 299 g/mol. The Hall–Kier alpha value is -1.24. The molecule has 20 heavy (non-hydrogen) atoms. The van der Waals surface area contributed by atoms with Crippen LogP contribution in [0.3, 0.4) is 0 Å². The van der Waals surface area contributed by atoms with Crippen LogP contribution >= 0.6 is 0 Å². The van der Waals surface area contributed by atoms with Gasteiger partial charge in [0.2, 0.25) is 0 Å². The van der Waals surface area contributed by atoms with Gasteiger partial charge in [-0.2, -0.15) is 26.3 Å². The van der Waals surface area contributed by atoms with Crippen LogP contribution in [0.4, 0.5) is 26.3 Å². The summed E-state index contributed by atoms with van der Waals surface area (Å²) in [5.41, 5.74) is -1.40. The van der Waals surface area contributed by atoms with Gasteiger partial charge in [-0.3, -0.25) is 0 Å². The lowest BCUT2D eigenvalue weighted by Crippen LogP contribution is -2.29. The fourth-order valence-corrected chi connectivity index (χ4v) is 1.90. The highest BCUT2D eigenvalue weighted by atomic mass is 19.4. The van der Waals surface area contributed by atoms with Crippen LogP contribution in [0.5, 0.6) is 0 Å². The normalized spacial score (nSPS) is 14.3. The van der Waals surface area contributed by atoms with E-state index in [4.69, 9.17) is 0 Å². The first-order valence-electron chi connectivity index (χ1n) is 6.11. The molecule has 0 saturated carbocycles. The molecular formula is C13H15F6N. The Morgan fingerprint density at radius 2 is 1.65 bits per heavy atom. The van der Waals surface area contributed by atoms with E-state index >= 15 is 0 Å². The minimum atomic E-state index is -4.67. The van der Waals surface area contributed by atoms with Crippen molar-refractivity contribution in [1.29, 1.82) is 0 Å². The van der Waals surface area contributed by atoms with Gasteiger partial charge in [0.05, 0.1) is 12.0 Å². The second kappa shape index (κ2) is 6.47. The van der Waals surface area contributed by atoms with Gasteiger partial charge in [-0.1, -0.05) is 25.1 Å². The summed E-state index contributed by atoms with van der Waals surface area (Å²) < 4.78 is 76.1. The minimum absolute atomic E-state index is 0.215. The third-order valence-electron chi connectivity index (χ3n) is 2.72. The molecular weight excluding hydrogens is 284 g/mol. The molecule has 0 spiro atoms. The van der Waals surface area contributed by atoms with Crippen molar-refractivity contribution in [2.75, 3.05) is 6.54 Å². The Balaban J connectivity index is 3.13. The average Bonchev–Trinajstić information content (AvgIpc) is 2.32. The molecule has 0 bridgehead atoms. The smallest absolute Gasteiger partial charge is 0.310 e. The average molecular weight is 299 g/mol. The lowest BCUT2D eigenvalue weighted by atomic mass is 9.97. The minimum Gasteiger partial charge on any atom is -0.310 e. The summed E-state index contributed by atoms with van der Waals surface area (Å²) in [6.45, 7) is 1.94. The van der Waals surface area contributed by atoms with Crippen LogP contribution in [0.25, 0.3) is 0 Å². The summed E-state index contributed by atoms with van der Waals surface area (Å²) in [6.07, 6.45) is -10.0. The standard InChI is InChI=1S/C13H15F6N/c1-2-7-20-11(8-12(14,15)16)9-5-3-4-6-10(9)13(17,18)19/h3-6,11,20H,2,7-8H2,1H3. The van der Waals surface area contributed by atoms with Crippen LogP contribution in [-0.2, 0) is 6.18 Å². The number of rotatable bonds is 5. The van der Waals surface area contributed by atoms with Gasteiger partial charge in [0.25, 0.3) is 0 Å². The quantitative estimate of drug-likeness (QED) is 0.777. The first-order valence-corrected chi connectivity index (χ1v) is 6.11. The first kappa shape index (κ1) is 16.8. The van der Waals surface area contributed by atoms with Crippen molar-refractivity contribution < 1.29 is 26.3 Å². The van der Waals surface area contributed by atoms with E-state index in [1.54, 1.807) is 6.92 Å². The zero-order chi connectivity index (χ0) is 15.4. The lowest BCUT2D eigenvalue weighted by molar-refractivity contribution is -0.146. The molecule has 0 heterocycles. The second-order valence-electron chi connectivity index (χ2n) is 4.41. The fourth-order valence-electron chi connectivity index (χ4n) is 1.90. The van der Waals surface area contributed by atoms with E-state index in [1.165, 1.54) is 6.07 Å². The third-order valence-corrected chi connectivity index (χ3v) is 2.72. The topological polar surface area (TPSA) is 12.0 Å². The zero-order valence-corrected chi connectivity index (χ0v) is 10.8.